The van der Waals surface area contributed by atoms with E-state index in [4.69, 9.17) is 4.42 Å². The lowest BCUT2D eigenvalue weighted by Crippen LogP contribution is -2.36. The number of urea groups is 1. The quantitative estimate of drug-likeness (QED) is 0.762. The standard InChI is InChI=1S/C16H19F2N3O4S/c1-21(2)13(14-7-4-8-25-14)10-19-16(22)20-11-5-3-6-12(9-11)26(23,24)15(17)18/h3-9,13,15H,10H2,1-2H3,(H2,19,20,22). The maximum atomic E-state index is 12.6. The van der Waals surface area contributed by atoms with Crippen LogP contribution in [-0.4, -0.2) is 45.7 Å². The fourth-order valence-corrected chi connectivity index (χ4v) is 3.00. The van der Waals surface area contributed by atoms with Gasteiger partial charge in [-0.1, -0.05) is 6.07 Å². The molecule has 0 saturated carbocycles. The minimum atomic E-state index is -4.73. The molecule has 2 N–H and O–H groups in total. The van der Waals surface area contributed by atoms with Crippen LogP contribution in [0.1, 0.15) is 11.8 Å². The molecule has 10 heteroatoms. The first-order chi connectivity index (χ1) is 12.2. The van der Waals surface area contributed by atoms with Gasteiger partial charge in [0, 0.05) is 12.2 Å². The number of carbonyl (C=O) groups excluding carboxylic acids is 1. The summed E-state index contributed by atoms with van der Waals surface area (Å²) in [5, 5.41) is 5.06. The Kier molecular flexibility index (Phi) is 6.32. The number of nitrogens with zero attached hydrogens (tertiary/aromatic N) is 1. The third-order valence-corrected chi connectivity index (χ3v) is 4.99. The molecule has 2 rings (SSSR count). The number of hydrogen-bond acceptors (Lipinski definition) is 5. The zero-order valence-corrected chi connectivity index (χ0v) is 15.0. The van der Waals surface area contributed by atoms with E-state index in [2.05, 4.69) is 10.6 Å². The zero-order valence-electron chi connectivity index (χ0n) is 14.1. The van der Waals surface area contributed by atoms with Crippen LogP contribution in [0.2, 0.25) is 0 Å². The molecule has 142 valence electrons. The molecule has 0 fully saturated rings. The van der Waals surface area contributed by atoms with Crippen molar-refractivity contribution in [2.24, 2.45) is 0 Å². The molecule has 7 nitrogen and oxygen atoms in total. The number of sulfone groups is 1. The van der Waals surface area contributed by atoms with Crippen molar-refractivity contribution in [2.45, 2.75) is 16.7 Å². The van der Waals surface area contributed by atoms with Gasteiger partial charge in [0.05, 0.1) is 17.2 Å². The van der Waals surface area contributed by atoms with Gasteiger partial charge < -0.3 is 15.1 Å². The van der Waals surface area contributed by atoms with Crippen LogP contribution in [-0.2, 0) is 9.84 Å². The summed E-state index contributed by atoms with van der Waals surface area (Å²) in [7, 11) is -1.08. The zero-order chi connectivity index (χ0) is 19.3. The van der Waals surface area contributed by atoms with Crippen molar-refractivity contribution in [3.8, 4) is 0 Å². The number of rotatable bonds is 7. The SMILES string of the molecule is CN(C)C(CNC(=O)Nc1cccc(S(=O)(=O)C(F)F)c1)c1ccco1. The number of furan rings is 1. The van der Waals surface area contributed by atoms with Gasteiger partial charge in [0.2, 0.25) is 9.84 Å². The average molecular weight is 387 g/mol. The van der Waals surface area contributed by atoms with E-state index in [1.54, 1.807) is 12.1 Å². The predicted octanol–water partition coefficient (Wildman–Crippen LogP) is 2.70. The number of halogens is 2. The number of amides is 2. The summed E-state index contributed by atoms with van der Waals surface area (Å²) in [4.78, 5) is 13.3. The second-order valence-electron chi connectivity index (χ2n) is 5.66. The van der Waals surface area contributed by atoms with Gasteiger partial charge in [-0.25, -0.2) is 13.2 Å². The van der Waals surface area contributed by atoms with Crippen molar-refractivity contribution < 1.29 is 26.4 Å². The summed E-state index contributed by atoms with van der Waals surface area (Å²) in [6, 6.07) is 7.41. The monoisotopic (exact) mass is 387 g/mol. The largest absolute Gasteiger partial charge is 0.468 e. The Morgan fingerprint density at radius 3 is 2.54 bits per heavy atom. The number of benzene rings is 1. The normalized spacial score (nSPS) is 13.0. The molecule has 0 bridgehead atoms. The Bertz CT molecular complexity index is 839. The highest BCUT2D eigenvalue weighted by atomic mass is 32.2. The van der Waals surface area contributed by atoms with Crippen molar-refractivity contribution in [3.05, 3.63) is 48.4 Å². The molecule has 0 radical (unpaired) electrons. The van der Waals surface area contributed by atoms with Crippen molar-refractivity contribution in [3.63, 3.8) is 0 Å². The third-order valence-electron chi connectivity index (χ3n) is 3.61. The summed E-state index contributed by atoms with van der Waals surface area (Å²) in [6.45, 7) is 0.224. The second kappa shape index (κ2) is 8.28. The lowest BCUT2D eigenvalue weighted by molar-refractivity contribution is 0.233. The number of hydrogen-bond donors (Lipinski definition) is 2. The van der Waals surface area contributed by atoms with Crippen LogP contribution < -0.4 is 10.6 Å². The topological polar surface area (TPSA) is 91.7 Å². The molecular formula is C16H19F2N3O4S. The molecule has 1 atom stereocenters. The number of anilines is 1. The second-order valence-corrected chi connectivity index (χ2v) is 7.58. The molecule has 0 aliphatic carbocycles. The summed E-state index contributed by atoms with van der Waals surface area (Å²) in [5.41, 5.74) is 0.0867. The fraction of sp³-hybridized carbons (Fsp3) is 0.312. The molecule has 0 saturated heterocycles. The lowest BCUT2D eigenvalue weighted by atomic mass is 10.2. The first-order valence-electron chi connectivity index (χ1n) is 7.58. The maximum Gasteiger partial charge on any atom is 0.341 e. The van der Waals surface area contributed by atoms with Gasteiger partial charge in [0.25, 0.3) is 0 Å². The summed E-state index contributed by atoms with van der Waals surface area (Å²) < 4.78 is 53.5. The third kappa shape index (κ3) is 4.79. The molecule has 2 aromatic rings. The van der Waals surface area contributed by atoms with E-state index in [9.17, 15) is 22.0 Å². The van der Waals surface area contributed by atoms with Gasteiger partial charge in [0.15, 0.2) is 0 Å². The first kappa shape index (κ1) is 19.9. The number of carbonyl (C=O) groups is 1. The number of alkyl halides is 2. The Hall–Kier alpha value is -2.46. The smallest absolute Gasteiger partial charge is 0.341 e. The molecule has 2 amide bonds. The van der Waals surface area contributed by atoms with Crippen LogP contribution in [0.15, 0.2) is 52.0 Å². The highest BCUT2D eigenvalue weighted by Gasteiger charge is 2.26. The molecule has 0 aliphatic rings. The average Bonchev–Trinajstić information content (AvgIpc) is 3.09. The Labute approximate surface area is 149 Å². The summed E-state index contributed by atoms with van der Waals surface area (Å²) in [6.07, 6.45) is 1.53. The summed E-state index contributed by atoms with van der Waals surface area (Å²) >= 11 is 0. The Balaban J connectivity index is 2.02. The lowest BCUT2D eigenvalue weighted by Gasteiger charge is -2.22. The highest BCUT2D eigenvalue weighted by molar-refractivity contribution is 7.91. The van der Waals surface area contributed by atoms with Crippen LogP contribution >= 0.6 is 0 Å². The van der Waals surface area contributed by atoms with E-state index in [1.807, 2.05) is 19.0 Å². The van der Waals surface area contributed by atoms with E-state index in [-0.39, 0.29) is 18.3 Å². The van der Waals surface area contributed by atoms with E-state index >= 15 is 0 Å². The van der Waals surface area contributed by atoms with Crippen molar-refractivity contribution >= 4 is 21.6 Å². The van der Waals surface area contributed by atoms with Crippen LogP contribution in [0.3, 0.4) is 0 Å². The minimum absolute atomic E-state index is 0.0867. The summed E-state index contributed by atoms with van der Waals surface area (Å²) in [5.74, 6) is -2.86. The van der Waals surface area contributed by atoms with Gasteiger partial charge in [0.1, 0.15) is 5.76 Å². The maximum absolute atomic E-state index is 12.6. The highest BCUT2D eigenvalue weighted by Crippen LogP contribution is 2.21. The van der Waals surface area contributed by atoms with Crippen LogP contribution in [0.5, 0.6) is 0 Å². The predicted molar refractivity (Wildman–Crippen MR) is 91.8 cm³/mol. The van der Waals surface area contributed by atoms with E-state index in [0.29, 0.717) is 5.76 Å². The molecule has 0 spiro atoms. The molecule has 1 unspecified atom stereocenters. The number of likely N-dealkylation sites (N-methyl/N-ethyl adjacent to an activating group) is 1. The van der Waals surface area contributed by atoms with Gasteiger partial charge in [-0.05, 0) is 44.4 Å². The number of nitrogens with one attached hydrogen (secondary N) is 2. The van der Waals surface area contributed by atoms with E-state index < -0.39 is 26.5 Å². The molecular weight excluding hydrogens is 368 g/mol. The van der Waals surface area contributed by atoms with Crippen molar-refractivity contribution in [1.82, 2.24) is 10.2 Å². The van der Waals surface area contributed by atoms with Gasteiger partial charge in [-0.15, -0.1) is 0 Å². The molecule has 1 aromatic heterocycles. The van der Waals surface area contributed by atoms with Crippen LogP contribution in [0.25, 0.3) is 0 Å². The first-order valence-corrected chi connectivity index (χ1v) is 9.13. The Morgan fingerprint density at radius 2 is 1.96 bits per heavy atom. The van der Waals surface area contributed by atoms with Gasteiger partial charge >= 0.3 is 11.8 Å². The van der Waals surface area contributed by atoms with Crippen LogP contribution in [0, 0.1) is 0 Å². The van der Waals surface area contributed by atoms with Crippen molar-refractivity contribution in [1.29, 1.82) is 0 Å². The Morgan fingerprint density at radius 1 is 1.23 bits per heavy atom. The van der Waals surface area contributed by atoms with E-state index in [0.717, 1.165) is 12.1 Å². The molecule has 0 aliphatic heterocycles. The molecule has 1 aromatic carbocycles. The fourth-order valence-electron chi connectivity index (χ4n) is 2.24. The van der Waals surface area contributed by atoms with Gasteiger partial charge in [-0.3, -0.25) is 4.90 Å². The van der Waals surface area contributed by atoms with E-state index in [1.165, 1.54) is 18.4 Å². The minimum Gasteiger partial charge on any atom is -0.468 e. The van der Waals surface area contributed by atoms with Crippen LogP contribution in [0.4, 0.5) is 19.3 Å². The van der Waals surface area contributed by atoms with Gasteiger partial charge in [-0.2, -0.15) is 8.78 Å². The molecule has 1 heterocycles. The van der Waals surface area contributed by atoms with Crippen molar-refractivity contribution in [2.75, 3.05) is 26.0 Å². The molecule has 26 heavy (non-hydrogen) atoms.